The molecule has 0 unspecified atom stereocenters. The Hall–Kier alpha value is -1.23. The maximum atomic E-state index is 11.8. The number of nitrogens with two attached hydrogens (primary N) is 1. The summed E-state index contributed by atoms with van der Waals surface area (Å²) >= 11 is 0. The van der Waals surface area contributed by atoms with Gasteiger partial charge in [-0.05, 0) is 37.1 Å². The molecule has 0 aromatic heterocycles. The first-order valence-electron chi connectivity index (χ1n) is 5.59. The fourth-order valence-electron chi connectivity index (χ4n) is 1.52. The van der Waals surface area contributed by atoms with Gasteiger partial charge in [0.25, 0.3) is 0 Å². The highest BCUT2D eigenvalue weighted by atomic mass is 19.4. The van der Waals surface area contributed by atoms with Crippen LogP contribution in [0.5, 0.6) is 0 Å². The summed E-state index contributed by atoms with van der Waals surface area (Å²) in [6, 6.07) is 7.54. The Bertz CT molecular complexity index is 337. The Labute approximate surface area is 99.0 Å². The topological polar surface area (TPSA) is 38.0 Å². The second kappa shape index (κ2) is 6.49. The Kier molecular flexibility index (Phi) is 5.28. The predicted molar refractivity (Wildman–Crippen MR) is 62.7 cm³/mol. The molecule has 0 atom stereocenters. The zero-order valence-electron chi connectivity index (χ0n) is 9.56. The molecule has 0 amide bonds. The molecule has 0 saturated heterocycles. The molecule has 17 heavy (non-hydrogen) atoms. The first kappa shape index (κ1) is 13.8. The van der Waals surface area contributed by atoms with Crippen LogP contribution in [0.25, 0.3) is 0 Å². The average Bonchev–Trinajstić information content (AvgIpc) is 2.22. The number of nitrogens with one attached hydrogen (secondary N) is 1. The van der Waals surface area contributed by atoms with Gasteiger partial charge < -0.3 is 11.1 Å². The van der Waals surface area contributed by atoms with Gasteiger partial charge in [-0.2, -0.15) is 13.2 Å². The molecule has 1 aromatic carbocycles. The lowest BCUT2D eigenvalue weighted by molar-refractivity contribution is -0.133. The Morgan fingerprint density at radius 3 is 2.59 bits per heavy atom. The summed E-state index contributed by atoms with van der Waals surface area (Å²) in [6.45, 7) is 0.575. The van der Waals surface area contributed by atoms with Gasteiger partial charge in [0.1, 0.15) is 0 Å². The van der Waals surface area contributed by atoms with Crippen LogP contribution in [-0.4, -0.2) is 19.3 Å². The van der Waals surface area contributed by atoms with Gasteiger partial charge in [-0.1, -0.05) is 12.1 Å². The Morgan fingerprint density at radius 1 is 1.18 bits per heavy atom. The van der Waals surface area contributed by atoms with Crippen LogP contribution in [-0.2, 0) is 6.42 Å². The van der Waals surface area contributed by atoms with Gasteiger partial charge >= 0.3 is 6.18 Å². The van der Waals surface area contributed by atoms with E-state index in [-0.39, 0.29) is 6.54 Å². The van der Waals surface area contributed by atoms with E-state index in [1.54, 1.807) is 0 Å². The third kappa shape index (κ3) is 6.84. The number of anilines is 1. The maximum absolute atomic E-state index is 11.8. The summed E-state index contributed by atoms with van der Waals surface area (Å²) in [5.74, 6) is 0. The molecular weight excluding hydrogens is 229 g/mol. The molecule has 0 fully saturated rings. The average molecular weight is 246 g/mol. The number of alkyl halides is 3. The number of hydrogen-bond acceptors (Lipinski definition) is 2. The van der Waals surface area contributed by atoms with Gasteiger partial charge in [-0.3, -0.25) is 0 Å². The van der Waals surface area contributed by atoms with Crippen molar-refractivity contribution in [3.63, 3.8) is 0 Å². The highest BCUT2D eigenvalue weighted by Crippen LogP contribution is 2.18. The first-order chi connectivity index (χ1) is 7.97. The Morgan fingerprint density at radius 2 is 1.94 bits per heavy atom. The molecule has 0 radical (unpaired) electrons. The van der Waals surface area contributed by atoms with Crippen LogP contribution in [0.15, 0.2) is 24.3 Å². The fourth-order valence-corrected chi connectivity index (χ4v) is 1.52. The molecule has 5 heteroatoms. The molecule has 2 nitrogen and oxygen atoms in total. The minimum atomic E-state index is -4.07. The number of nitrogen functional groups attached to an aromatic ring is 1. The van der Waals surface area contributed by atoms with Crippen LogP contribution < -0.4 is 11.1 Å². The van der Waals surface area contributed by atoms with E-state index in [9.17, 15) is 13.2 Å². The van der Waals surface area contributed by atoms with E-state index in [0.29, 0.717) is 12.2 Å². The van der Waals surface area contributed by atoms with E-state index in [0.717, 1.165) is 18.4 Å². The zero-order chi connectivity index (χ0) is 12.7. The quantitative estimate of drug-likeness (QED) is 0.598. The highest BCUT2D eigenvalue weighted by Gasteiger charge is 2.25. The number of rotatable bonds is 6. The summed E-state index contributed by atoms with van der Waals surface area (Å²) < 4.78 is 35.5. The Balaban J connectivity index is 2.09. The monoisotopic (exact) mass is 246 g/mol. The predicted octanol–water partition coefficient (Wildman–Crippen LogP) is 2.74. The molecule has 0 heterocycles. The van der Waals surface area contributed by atoms with Gasteiger partial charge in [0, 0.05) is 12.2 Å². The van der Waals surface area contributed by atoms with Crippen molar-refractivity contribution in [2.45, 2.75) is 25.4 Å². The van der Waals surface area contributed by atoms with E-state index in [1.165, 1.54) is 0 Å². The third-order valence-electron chi connectivity index (χ3n) is 2.36. The molecule has 96 valence electrons. The zero-order valence-corrected chi connectivity index (χ0v) is 9.56. The van der Waals surface area contributed by atoms with E-state index >= 15 is 0 Å². The number of halogens is 3. The van der Waals surface area contributed by atoms with Gasteiger partial charge in [0.15, 0.2) is 0 Å². The first-order valence-corrected chi connectivity index (χ1v) is 5.59. The molecule has 0 spiro atoms. The largest absolute Gasteiger partial charge is 0.399 e. The van der Waals surface area contributed by atoms with Crippen LogP contribution in [0.3, 0.4) is 0 Å². The standard InChI is InChI=1S/C12H17F3N2/c13-12(14,15)6-8-17-7-2-4-10-3-1-5-11(16)9-10/h1,3,5,9,17H,2,4,6-8,16H2. The van der Waals surface area contributed by atoms with Crippen LogP contribution in [0.4, 0.5) is 18.9 Å². The molecule has 0 aliphatic heterocycles. The lowest BCUT2D eigenvalue weighted by Gasteiger charge is -2.07. The number of hydrogen-bond donors (Lipinski definition) is 2. The fraction of sp³-hybridized carbons (Fsp3) is 0.500. The SMILES string of the molecule is Nc1cccc(CCCNCCC(F)(F)F)c1. The van der Waals surface area contributed by atoms with Gasteiger partial charge in [-0.15, -0.1) is 0 Å². The maximum Gasteiger partial charge on any atom is 0.390 e. The van der Waals surface area contributed by atoms with Crippen LogP contribution >= 0.6 is 0 Å². The highest BCUT2D eigenvalue weighted by molar-refractivity contribution is 5.40. The summed E-state index contributed by atoms with van der Waals surface area (Å²) in [5, 5.41) is 2.78. The van der Waals surface area contributed by atoms with E-state index < -0.39 is 12.6 Å². The van der Waals surface area contributed by atoms with E-state index in [1.807, 2.05) is 24.3 Å². The third-order valence-corrected chi connectivity index (χ3v) is 2.36. The number of benzene rings is 1. The van der Waals surface area contributed by atoms with Crippen molar-refractivity contribution in [2.75, 3.05) is 18.8 Å². The minimum Gasteiger partial charge on any atom is -0.399 e. The van der Waals surface area contributed by atoms with Crippen molar-refractivity contribution < 1.29 is 13.2 Å². The van der Waals surface area contributed by atoms with Crippen LogP contribution in [0, 0.1) is 0 Å². The summed E-state index contributed by atoms with van der Waals surface area (Å²) in [6.07, 6.45) is -3.21. The van der Waals surface area contributed by atoms with Gasteiger partial charge in [0.05, 0.1) is 6.42 Å². The lowest BCUT2D eigenvalue weighted by Crippen LogP contribution is -2.22. The van der Waals surface area contributed by atoms with Crippen LogP contribution in [0.1, 0.15) is 18.4 Å². The van der Waals surface area contributed by atoms with Gasteiger partial charge in [-0.25, -0.2) is 0 Å². The van der Waals surface area contributed by atoms with E-state index in [4.69, 9.17) is 5.73 Å². The van der Waals surface area contributed by atoms with Crippen molar-refractivity contribution in [2.24, 2.45) is 0 Å². The summed E-state index contributed by atoms with van der Waals surface area (Å²) in [4.78, 5) is 0. The molecule has 3 N–H and O–H groups in total. The summed E-state index contributed by atoms with van der Waals surface area (Å²) in [5.41, 5.74) is 7.45. The lowest BCUT2D eigenvalue weighted by atomic mass is 10.1. The van der Waals surface area contributed by atoms with Crippen molar-refractivity contribution in [1.29, 1.82) is 0 Å². The second-order valence-electron chi connectivity index (χ2n) is 3.96. The molecule has 0 saturated carbocycles. The molecule has 0 aliphatic rings. The van der Waals surface area contributed by atoms with Crippen molar-refractivity contribution in [1.82, 2.24) is 5.32 Å². The normalized spacial score (nSPS) is 11.7. The molecule has 0 bridgehead atoms. The van der Waals surface area contributed by atoms with Gasteiger partial charge in [0.2, 0.25) is 0 Å². The van der Waals surface area contributed by atoms with E-state index in [2.05, 4.69) is 5.32 Å². The minimum absolute atomic E-state index is 0.0135. The van der Waals surface area contributed by atoms with Crippen LogP contribution in [0.2, 0.25) is 0 Å². The molecule has 0 aliphatic carbocycles. The molecule has 1 aromatic rings. The van der Waals surface area contributed by atoms with Crippen molar-refractivity contribution >= 4 is 5.69 Å². The smallest absolute Gasteiger partial charge is 0.390 e. The second-order valence-corrected chi connectivity index (χ2v) is 3.96. The van der Waals surface area contributed by atoms with Crippen molar-refractivity contribution in [3.05, 3.63) is 29.8 Å². The van der Waals surface area contributed by atoms with Crippen molar-refractivity contribution in [3.8, 4) is 0 Å². The summed E-state index contributed by atoms with van der Waals surface area (Å²) in [7, 11) is 0. The molecular formula is C12H17F3N2. The number of aryl methyl sites for hydroxylation is 1. The molecule has 1 rings (SSSR count).